The topological polar surface area (TPSA) is 52.0 Å². The summed E-state index contributed by atoms with van der Waals surface area (Å²) in [6.45, 7) is 10.6. The minimum absolute atomic E-state index is 0.0142. The lowest BCUT2D eigenvalue weighted by Crippen LogP contribution is -2.50. The molecule has 3 aromatic rings. The Labute approximate surface area is 255 Å². The molecular formula is C36H43N5O2. The third kappa shape index (κ3) is 5.97. The first-order valence-electron chi connectivity index (χ1n) is 15.4. The number of allylic oxidation sites excluding steroid dienone is 2. The first kappa shape index (κ1) is 29.1. The normalized spacial score (nSPS) is 19.9. The van der Waals surface area contributed by atoms with Gasteiger partial charge in [0.05, 0.1) is 13.1 Å². The summed E-state index contributed by atoms with van der Waals surface area (Å²) in [6.07, 6.45) is 6.30. The van der Waals surface area contributed by atoms with Crippen LogP contribution in [-0.4, -0.2) is 84.4 Å². The van der Waals surface area contributed by atoms with Crippen LogP contribution in [0, 0.1) is 5.41 Å². The highest BCUT2D eigenvalue weighted by atomic mass is 16.2. The molecule has 3 aliphatic rings. The van der Waals surface area contributed by atoms with Crippen LogP contribution in [0.2, 0.25) is 0 Å². The van der Waals surface area contributed by atoms with Crippen LogP contribution in [-0.2, 0) is 17.9 Å². The lowest BCUT2D eigenvalue weighted by Gasteiger charge is -2.35. The largest absolute Gasteiger partial charge is 0.335 e. The molecule has 1 saturated heterocycles. The fraction of sp³-hybridized carbons (Fsp3) is 0.389. The van der Waals surface area contributed by atoms with E-state index in [0.717, 1.165) is 56.2 Å². The molecule has 224 valence electrons. The Morgan fingerprint density at radius 1 is 0.860 bits per heavy atom. The number of hydrogen-bond donors (Lipinski definition) is 0. The molecule has 1 aromatic heterocycles. The predicted molar refractivity (Wildman–Crippen MR) is 172 cm³/mol. The molecule has 1 fully saturated rings. The van der Waals surface area contributed by atoms with Crippen molar-refractivity contribution in [1.82, 2.24) is 19.3 Å². The van der Waals surface area contributed by atoms with E-state index < -0.39 is 0 Å². The molecule has 3 heterocycles. The number of aromatic nitrogens is 1. The summed E-state index contributed by atoms with van der Waals surface area (Å²) in [5.41, 5.74) is 5.34. The van der Waals surface area contributed by atoms with Gasteiger partial charge >= 0.3 is 0 Å². The number of benzene rings is 2. The summed E-state index contributed by atoms with van der Waals surface area (Å²) in [6, 6.07) is 22.5. The highest BCUT2D eigenvalue weighted by molar-refractivity contribution is 6.08. The maximum Gasteiger partial charge on any atom is 0.270 e. The SMILES string of the molecule is CN(C)CCN1CCN(C(=O)c2ccc3n2Cc2ccccc2N(C(=O)C2=CC(C)(C)C(c4ccccc4)C=C2)C3)CC1. The van der Waals surface area contributed by atoms with Gasteiger partial charge in [0.2, 0.25) is 0 Å². The van der Waals surface area contributed by atoms with Crippen molar-refractivity contribution in [1.29, 1.82) is 0 Å². The van der Waals surface area contributed by atoms with Gasteiger partial charge in [-0.25, -0.2) is 0 Å². The van der Waals surface area contributed by atoms with Crippen molar-refractivity contribution in [3.8, 4) is 0 Å². The minimum Gasteiger partial charge on any atom is -0.335 e. The lowest BCUT2D eigenvalue weighted by molar-refractivity contribution is -0.115. The van der Waals surface area contributed by atoms with Crippen LogP contribution in [0.1, 0.15) is 47.1 Å². The van der Waals surface area contributed by atoms with Gasteiger partial charge in [-0.3, -0.25) is 14.5 Å². The van der Waals surface area contributed by atoms with Crippen molar-refractivity contribution < 1.29 is 9.59 Å². The van der Waals surface area contributed by atoms with E-state index in [-0.39, 0.29) is 23.1 Å². The molecule has 0 bridgehead atoms. The van der Waals surface area contributed by atoms with Crippen LogP contribution < -0.4 is 4.90 Å². The first-order valence-corrected chi connectivity index (χ1v) is 15.4. The number of nitrogens with zero attached hydrogens (tertiary/aromatic N) is 5. The van der Waals surface area contributed by atoms with E-state index in [1.165, 1.54) is 5.56 Å². The minimum atomic E-state index is -0.219. The third-order valence-electron chi connectivity index (χ3n) is 9.19. The molecule has 7 heteroatoms. The van der Waals surface area contributed by atoms with Gasteiger partial charge in [0.25, 0.3) is 11.8 Å². The second kappa shape index (κ2) is 12.0. The van der Waals surface area contributed by atoms with Crippen LogP contribution in [0.3, 0.4) is 0 Å². The molecule has 0 N–H and O–H groups in total. The standard InChI is InChI=1S/C36H43N5O2/c1-36(2)24-28(14-16-31(36)27-10-6-5-7-11-27)34(42)41-26-30-15-17-33(40(30)25-29-12-8-9-13-32(29)41)35(43)39-22-20-38(21-23-39)19-18-37(3)4/h5-17,24,31H,18-23,25-26H2,1-4H3. The molecule has 0 saturated carbocycles. The summed E-state index contributed by atoms with van der Waals surface area (Å²) in [7, 11) is 4.19. The Morgan fingerprint density at radius 2 is 1.58 bits per heavy atom. The maximum atomic E-state index is 14.2. The molecule has 1 aliphatic carbocycles. The molecule has 7 nitrogen and oxygen atoms in total. The van der Waals surface area contributed by atoms with E-state index in [9.17, 15) is 9.59 Å². The number of carbonyl (C=O) groups is 2. The molecular weight excluding hydrogens is 534 g/mol. The number of fused-ring (bicyclic) bond motifs is 2. The van der Waals surface area contributed by atoms with Crippen LogP contribution in [0.25, 0.3) is 0 Å². The summed E-state index contributed by atoms with van der Waals surface area (Å²) in [5, 5.41) is 0. The molecule has 1 unspecified atom stereocenters. The number of carbonyl (C=O) groups excluding carboxylic acids is 2. The first-order chi connectivity index (χ1) is 20.7. The van der Waals surface area contributed by atoms with Gasteiger partial charge in [-0.05, 0) is 48.8 Å². The average molecular weight is 578 g/mol. The van der Waals surface area contributed by atoms with Crippen molar-refractivity contribution in [3.05, 3.63) is 113 Å². The number of para-hydroxylation sites is 1. The highest BCUT2D eigenvalue weighted by Gasteiger charge is 2.34. The van der Waals surface area contributed by atoms with Gasteiger partial charge in [-0.1, -0.05) is 80.6 Å². The fourth-order valence-corrected chi connectivity index (χ4v) is 6.68. The fourth-order valence-electron chi connectivity index (χ4n) is 6.68. The van der Waals surface area contributed by atoms with E-state index in [4.69, 9.17) is 0 Å². The van der Waals surface area contributed by atoms with Gasteiger partial charge in [0, 0.05) is 62.1 Å². The molecule has 2 amide bonds. The quantitative estimate of drug-likeness (QED) is 0.414. The number of likely N-dealkylation sites (N-methyl/N-ethyl adjacent to an activating group) is 1. The van der Waals surface area contributed by atoms with E-state index in [2.05, 4.69) is 84.8 Å². The van der Waals surface area contributed by atoms with E-state index in [1.54, 1.807) is 0 Å². The molecule has 43 heavy (non-hydrogen) atoms. The molecule has 0 spiro atoms. The number of anilines is 1. The molecule has 1 atom stereocenters. The monoisotopic (exact) mass is 577 g/mol. The van der Waals surface area contributed by atoms with Crippen molar-refractivity contribution >= 4 is 17.5 Å². The van der Waals surface area contributed by atoms with Crippen LogP contribution in [0.15, 0.2) is 90.5 Å². The highest BCUT2D eigenvalue weighted by Crippen LogP contribution is 2.42. The van der Waals surface area contributed by atoms with E-state index in [1.807, 2.05) is 52.3 Å². The van der Waals surface area contributed by atoms with Crippen molar-refractivity contribution in [2.45, 2.75) is 32.9 Å². The molecule has 2 aromatic carbocycles. The van der Waals surface area contributed by atoms with Crippen molar-refractivity contribution in [3.63, 3.8) is 0 Å². The average Bonchev–Trinajstić information content (AvgIpc) is 3.32. The van der Waals surface area contributed by atoms with Gasteiger partial charge in [-0.15, -0.1) is 0 Å². The van der Waals surface area contributed by atoms with Crippen molar-refractivity contribution in [2.24, 2.45) is 5.41 Å². The predicted octanol–water partition coefficient (Wildman–Crippen LogP) is 5.01. The Morgan fingerprint density at radius 3 is 2.30 bits per heavy atom. The smallest absolute Gasteiger partial charge is 0.270 e. The van der Waals surface area contributed by atoms with Crippen molar-refractivity contribution in [2.75, 3.05) is 58.3 Å². The Kier molecular flexibility index (Phi) is 8.12. The van der Waals surface area contributed by atoms with E-state index >= 15 is 0 Å². The van der Waals surface area contributed by atoms with E-state index in [0.29, 0.717) is 24.4 Å². The second-order valence-electron chi connectivity index (χ2n) is 12.9. The Hall–Kier alpha value is -3.94. The zero-order valence-electron chi connectivity index (χ0n) is 25.9. The van der Waals surface area contributed by atoms with Gasteiger partial charge in [-0.2, -0.15) is 0 Å². The number of hydrogen-bond acceptors (Lipinski definition) is 4. The van der Waals surface area contributed by atoms with Gasteiger partial charge in [0.1, 0.15) is 5.69 Å². The van der Waals surface area contributed by atoms with Gasteiger partial charge < -0.3 is 19.3 Å². The van der Waals surface area contributed by atoms with Gasteiger partial charge in [0.15, 0.2) is 0 Å². The third-order valence-corrected chi connectivity index (χ3v) is 9.19. The summed E-state index contributed by atoms with van der Waals surface area (Å²) in [4.78, 5) is 36.5. The molecule has 0 radical (unpaired) electrons. The van der Waals surface area contributed by atoms with Crippen LogP contribution in [0.4, 0.5) is 5.69 Å². The second-order valence-corrected chi connectivity index (χ2v) is 12.9. The molecule has 6 rings (SSSR count). The Balaban J connectivity index is 1.24. The summed E-state index contributed by atoms with van der Waals surface area (Å²) < 4.78 is 2.12. The zero-order valence-corrected chi connectivity index (χ0v) is 25.9. The zero-order chi connectivity index (χ0) is 30.1. The molecule has 2 aliphatic heterocycles. The number of rotatable bonds is 6. The van der Waals surface area contributed by atoms with Crippen LogP contribution >= 0.6 is 0 Å². The van der Waals surface area contributed by atoms with Crippen LogP contribution in [0.5, 0.6) is 0 Å². The number of piperazine rings is 1. The maximum absolute atomic E-state index is 14.2. The Bertz CT molecular complexity index is 1540. The lowest BCUT2D eigenvalue weighted by atomic mass is 9.71. The summed E-state index contributed by atoms with van der Waals surface area (Å²) >= 11 is 0. The number of amides is 2. The summed E-state index contributed by atoms with van der Waals surface area (Å²) in [5.74, 6) is 0.254.